The molecule has 0 radical (unpaired) electrons. The van der Waals surface area contributed by atoms with Crippen LogP contribution in [0.25, 0.3) is 22.5 Å². The second-order valence-corrected chi connectivity index (χ2v) is 7.21. The molecule has 132 valence electrons. The second kappa shape index (κ2) is 7.77. The van der Waals surface area contributed by atoms with E-state index in [2.05, 4.69) is 70.3 Å². The minimum absolute atomic E-state index is 0.726. The lowest BCUT2D eigenvalue weighted by molar-refractivity contribution is 0.575. The summed E-state index contributed by atoms with van der Waals surface area (Å²) in [5.74, 6) is 1.55. The molecule has 0 aliphatic rings. The highest BCUT2D eigenvalue weighted by Gasteiger charge is 2.07. The molecule has 0 bridgehead atoms. The van der Waals surface area contributed by atoms with Crippen LogP contribution in [0, 0.1) is 6.92 Å². The van der Waals surface area contributed by atoms with Gasteiger partial charge in [0.25, 0.3) is 0 Å². The average Bonchev–Trinajstić information content (AvgIpc) is 3.16. The zero-order valence-electron chi connectivity index (χ0n) is 14.9. The minimum atomic E-state index is 0.726. The van der Waals surface area contributed by atoms with Crippen molar-refractivity contribution < 1.29 is 4.42 Å². The van der Waals surface area contributed by atoms with Gasteiger partial charge in [-0.2, -0.15) is 0 Å². The summed E-state index contributed by atoms with van der Waals surface area (Å²) in [5.41, 5.74) is 5.51. The normalized spacial score (nSPS) is 11.2. The number of nitrogens with zero attached hydrogens (tertiary/aromatic N) is 1. The number of aliphatic imine (C=N–C) groups is 1. The third-order valence-corrected chi connectivity index (χ3v) is 4.99. The van der Waals surface area contributed by atoms with Crippen LogP contribution in [0.15, 0.2) is 98.8 Å². The summed E-state index contributed by atoms with van der Waals surface area (Å²) in [6.45, 7) is 2.07. The van der Waals surface area contributed by atoms with E-state index in [1.54, 1.807) is 6.21 Å². The number of hydrogen-bond acceptors (Lipinski definition) is 2. The molecule has 3 heteroatoms. The largest absolute Gasteiger partial charge is 0.455 e. The second-order valence-electron chi connectivity index (χ2n) is 6.36. The Kier molecular flexibility index (Phi) is 5.03. The van der Waals surface area contributed by atoms with Crippen LogP contribution in [-0.2, 0) is 0 Å². The Morgan fingerprint density at radius 1 is 0.815 bits per heavy atom. The van der Waals surface area contributed by atoms with Crippen molar-refractivity contribution >= 4 is 27.8 Å². The first-order valence-electron chi connectivity index (χ1n) is 8.75. The van der Waals surface area contributed by atoms with E-state index in [9.17, 15) is 0 Å². The van der Waals surface area contributed by atoms with E-state index in [-0.39, 0.29) is 0 Å². The van der Waals surface area contributed by atoms with Crippen molar-refractivity contribution in [3.05, 3.63) is 101 Å². The van der Waals surface area contributed by atoms with Crippen LogP contribution in [0.5, 0.6) is 0 Å². The van der Waals surface area contributed by atoms with E-state index in [0.717, 1.165) is 27.2 Å². The van der Waals surface area contributed by atoms with Crippen LogP contribution in [-0.4, -0.2) is 6.21 Å². The molecule has 3 aromatic carbocycles. The lowest BCUT2D eigenvalue weighted by Gasteiger charge is -2.02. The van der Waals surface area contributed by atoms with Gasteiger partial charge in [0.15, 0.2) is 0 Å². The molecule has 0 atom stereocenters. The summed E-state index contributed by atoms with van der Waals surface area (Å²) in [6, 6.07) is 28.6. The predicted molar refractivity (Wildman–Crippen MR) is 116 cm³/mol. The van der Waals surface area contributed by atoms with E-state index < -0.39 is 0 Å². The summed E-state index contributed by atoms with van der Waals surface area (Å²) < 4.78 is 6.95. The van der Waals surface area contributed by atoms with Crippen molar-refractivity contribution in [1.29, 1.82) is 0 Å². The fourth-order valence-corrected chi connectivity index (χ4v) is 3.58. The van der Waals surface area contributed by atoms with Crippen LogP contribution >= 0.6 is 15.9 Å². The summed E-state index contributed by atoms with van der Waals surface area (Å²) in [7, 11) is 0. The quantitative estimate of drug-likeness (QED) is 0.318. The third-order valence-electron chi connectivity index (χ3n) is 4.33. The summed E-state index contributed by atoms with van der Waals surface area (Å²) in [4.78, 5) is 4.52. The van der Waals surface area contributed by atoms with Gasteiger partial charge in [-0.1, -0.05) is 64.5 Å². The van der Waals surface area contributed by atoms with E-state index in [0.29, 0.717) is 0 Å². The highest BCUT2D eigenvalue weighted by atomic mass is 79.9. The molecule has 0 saturated carbocycles. The molecule has 0 amide bonds. The van der Waals surface area contributed by atoms with E-state index in [4.69, 9.17) is 4.42 Å². The Balaban J connectivity index is 1.51. The Bertz CT molecular complexity index is 1080. The zero-order valence-corrected chi connectivity index (χ0v) is 16.5. The summed E-state index contributed by atoms with van der Waals surface area (Å²) in [6.07, 6.45) is 1.75. The van der Waals surface area contributed by atoms with Gasteiger partial charge >= 0.3 is 0 Å². The van der Waals surface area contributed by atoms with Crippen molar-refractivity contribution in [3.8, 4) is 22.5 Å². The first kappa shape index (κ1) is 17.5. The van der Waals surface area contributed by atoms with E-state index in [1.807, 2.05) is 42.5 Å². The first-order valence-corrected chi connectivity index (χ1v) is 9.54. The van der Waals surface area contributed by atoms with Crippen LogP contribution in [0.3, 0.4) is 0 Å². The summed E-state index contributed by atoms with van der Waals surface area (Å²) >= 11 is 3.60. The Morgan fingerprint density at radius 2 is 1.56 bits per heavy atom. The number of hydrogen-bond donors (Lipinski definition) is 0. The van der Waals surface area contributed by atoms with Crippen molar-refractivity contribution in [3.63, 3.8) is 0 Å². The molecule has 0 unspecified atom stereocenters. The average molecular weight is 416 g/mol. The molecule has 0 N–H and O–H groups in total. The van der Waals surface area contributed by atoms with Crippen molar-refractivity contribution in [2.24, 2.45) is 4.99 Å². The van der Waals surface area contributed by atoms with Crippen LogP contribution in [0.4, 0.5) is 5.69 Å². The highest BCUT2D eigenvalue weighted by molar-refractivity contribution is 9.10. The fourth-order valence-electron chi connectivity index (χ4n) is 2.90. The maximum atomic E-state index is 5.93. The van der Waals surface area contributed by atoms with Gasteiger partial charge in [0, 0.05) is 10.0 Å². The number of halogens is 1. The highest BCUT2D eigenvalue weighted by Crippen LogP contribution is 2.30. The molecule has 0 saturated heterocycles. The number of furan rings is 1. The lowest BCUT2D eigenvalue weighted by atomic mass is 10.1. The van der Waals surface area contributed by atoms with Gasteiger partial charge < -0.3 is 4.42 Å². The fraction of sp³-hybridized carbons (Fsp3) is 0.0417. The van der Waals surface area contributed by atoms with Gasteiger partial charge in [0.05, 0.1) is 11.9 Å². The molecule has 1 aromatic heterocycles. The molecule has 2 nitrogen and oxygen atoms in total. The van der Waals surface area contributed by atoms with Crippen molar-refractivity contribution in [2.75, 3.05) is 0 Å². The van der Waals surface area contributed by atoms with Crippen molar-refractivity contribution in [1.82, 2.24) is 0 Å². The van der Waals surface area contributed by atoms with Gasteiger partial charge in [-0.05, 0) is 60.0 Å². The monoisotopic (exact) mass is 415 g/mol. The van der Waals surface area contributed by atoms with Gasteiger partial charge in [-0.25, -0.2) is 0 Å². The van der Waals surface area contributed by atoms with Gasteiger partial charge in [0.2, 0.25) is 0 Å². The van der Waals surface area contributed by atoms with E-state index >= 15 is 0 Å². The topological polar surface area (TPSA) is 25.5 Å². The van der Waals surface area contributed by atoms with Crippen LogP contribution in [0.1, 0.15) is 11.3 Å². The maximum absolute atomic E-state index is 5.93. The van der Waals surface area contributed by atoms with Gasteiger partial charge in [-0.15, -0.1) is 0 Å². The lowest BCUT2D eigenvalue weighted by Crippen LogP contribution is -1.79. The molecule has 0 aliphatic heterocycles. The zero-order chi connectivity index (χ0) is 18.6. The Labute approximate surface area is 167 Å². The number of aryl methyl sites for hydroxylation is 1. The molecule has 4 aromatic rings. The number of rotatable bonds is 4. The van der Waals surface area contributed by atoms with E-state index in [1.165, 1.54) is 16.7 Å². The van der Waals surface area contributed by atoms with Gasteiger partial charge in [-0.3, -0.25) is 4.99 Å². The predicted octanol–water partition coefficient (Wildman–Crippen LogP) is 7.44. The standard InChI is InChI=1S/C24H18BrNO/c1-17-7-13-22(23(25)15-17)24-14-12-21(27-24)16-26-20-10-8-19(9-11-20)18-5-3-2-4-6-18/h2-16H,1H3. The minimum Gasteiger partial charge on any atom is -0.455 e. The molecule has 0 spiro atoms. The molecular weight excluding hydrogens is 398 g/mol. The maximum Gasteiger partial charge on any atom is 0.145 e. The smallest absolute Gasteiger partial charge is 0.145 e. The first-order chi connectivity index (χ1) is 13.2. The molecule has 0 aliphatic carbocycles. The molecule has 1 heterocycles. The molecular formula is C24H18BrNO. The van der Waals surface area contributed by atoms with Crippen LogP contribution < -0.4 is 0 Å². The SMILES string of the molecule is Cc1ccc(-c2ccc(C=Nc3ccc(-c4ccccc4)cc3)o2)c(Br)c1. The van der Waals surface area contributed by atoms with Crippen LogP contribution in [0.2, 0.25) is 0 Å². The Hall–Kier alpha value is -2.91. The van der Waals surface area contributed by atoms with Gasteiger partial charge in [0.1, 0.15) is 11.5 Å². The summed E-state index contributed by atoms with van der Waals surface area (Å²) in [5, 5.41) is 0. The Morgan fingerprint density at radius 3 is 2.30 bits per heavy atom. The van der Waals surface area contributed by atoms with Crippen molar-refractivity contribution in [2.45, 2.75) is 6.92 Å². The molecule has 0 fully saturated rings. The number of benzene rings is 3. The molecule has 27 heavy (non-hydrogen) atoms. The molecule has 4 rings (SSSR count). The third kappa shape index (κ3) is 4.09.